The van der Waals surface area contributed by atoms with Gasteiger partial charge in [0.15, 0.2) is 5.82 Å². The summed E-state index contributed by atoms with van der Waals surface area (Å²) in [4.78, 5) is 8.63. The molecule has 0 spiro atoms. The van der Waals surface area contributed by atoms with E-state index in [1.807, 2.05) is 6.07 Å². The van der Waals surface area contributed by atoms with E-state index in [0.29, 0.717) is 17.0 Å². The van der Waals surface area contributed by atoms with Crippen molar-refractivity contribution in [3.05, 3.63) is 54.2 Å². The number of fused-ring (bicyclic) bond motifs is 1. The number of phenols is 1. The van der Waals surface area contributed by atoms with Crippen LogP contribution in [0.1, 0.15) is 5.56 Å². The van der Waals surface area contributed by atoms with E-state index in [1.165, 1.54) is 0 Å². The van der Waals surface area contributed by atoms with Crippen LogP contribution in [-0.4, -0.2) is 15.1 Å². The molecular weight excluding hydrogens is 238 g/mol. The fraction of sp³-hybridized carbons (Fsp3) is 0. The number of aromatic nitrogens is 2. The number of nitrogens with zero attached hydrogens (tertiary/aromatic N) is 3. The first-order valence-electron chi connectivity index (χ1n) is 5.73. The van der Waals surface area contributed by atoms with Crippen LogP contribution in [0.5, 0.6) is 5.75 Å². The Morgan fingerprint density at radius 2 is 1.95 bits per heavy atom. The lowest BCUT2D eigenvalue weighted by atomic mass is 10.1. The molecular formula is C15H9N3O. The van der Waals surface area contributed by atoms with Gasteiger partial charge in [0.2, 0.25) is 0 Å². The van der Waals surface area contributed by atoms with Crippen LogP contribution in [0.4, 0.5) is 0 Å². The maximum Gasteiger partial charge on any atom is 0.163 e. The minimum absolute atomic E-state index is 0.149. The molecule has 4 heteroatoms. The fourth-order valence-electron chi connectivity index (χ4n) is 1.90. The molecule has 0 aliphatic rings. The summed E-state index contributed by atoms with van der Waals surface area (Å²) in [6.07, 6.45) is 1.66. The fourth-order valence-corrected chi connectivity index (χ4v) is 1.90. The van der Waals surface area contributed by atoms with Gasteiger partial charge < -0.3 is 5.11 Å². The van der Waals surface area contributed by atoms with E-state index in [9.17, 15) is 5.11 Å². The highest BCUT2D eigenvalue weighted by Crippen LogP contribution is 2.26. The quantitative estimate of drug-likeness (QED) is 0.717. The van der Waals surface area contributed by atoms with Crippen molar-refractivity contribution in [3.8, 4) is 23.2 Å². The normalized spacial score (nSPS) is 10.3. The van der Waals surface area contributed by atoms with Gasteiger partial charge in [-0.2, -0.15) is 5.26 Å². The summed E-state index contributed by atoms with van der Waals surface area (Å²) in [5, 5.41) is 19.4. The number of para-hydroxylation sites is 1. The number of aromatic hydroxyl groups is 1. The first-order valence-corrected chi connectivity index (χ1v) is 5.73. The van der Waals surface area contributed by atoms with Crippen molar-refractivity contribution in [3.63, 3.8) is 0 Å². The van der Waals surface area contributed by atoms with Crippen LogP contribution >= 0.6 is 0 Å². The molecule has 0 unspecified atom stereocenters. The molecule has 90 valence electrons. The molecule has 19 heavy (non-hydrogen) atoms. The molecule has 2 aromatic carbocycles. The summed E-state index contributed by atoms with van der Waals surface area (Å²) in [6, 6.07) is 14.2. The summed E-state index contributed by atoms with van der Waals surface area (Å²) in [6.45, 7) is 0. The van der Waals surface area contributed by atoms with E-state index in [2.05, 4.69) is 16.0 Å². The zero-order valence-electron chi connectivity index (χ0n) is 9.91. The highest BCUT2D eigenvalue weighted by molar-refractivity contribution is 5.81. The standard InChI is InChI=1S/C15H9N3O/c16-8-10-5-6-13-11(7-10)9-17-15(18-13)12-3-1-2-4-14(12)19/h1-7,9,19H. The minimum atomic E-state index is 0.149. The Labute approximate surface area is 109 Å². The number of phenolic OH excluding ortho intramolecular Hbond substituents is 1. The van der Waals surface area contributed by atoms with Gasteiger partial charge >= 0.3 is 0 Å². The maximum atomic E-state index is 9.80. The molecule has 0 fully saturated rings. The number of hydrogen-bond acceptors (Lipinski definition) is 4. The van der Waals surface area contributed by atoms with Gasteiger partial charge in [0.1, 0.15) is 5.75 Å². The number of benzene rings is 2. The summed E-state index contributed by atoms with van der Waals surface area (Å²) >= 11 is 0. The molecule has 1 N–H and O–H groups in total. The average molecular weight is 247 g/mol. The Hall–Kier alpha value is -2.93. The van der Waals surface area contributed by atoms with Gasteiger partial charge in [-0.25, -0.2) is 9.97 Å². The predicted molar refractivity (Wildman–Crippen MR) is 71.4 cm³/mol. The van der Waals surface area contributed by atoms with Crippen LogP contribution < -0.4 is 0 Å². The van der Waals surface area contributed by atoms with E-state index < -0.39 is 0 Å². The highest BCUT2D eigenvalue weighted by Gasteiger charge is 2.07. The Balaban J connectivity index is 2.18. The van der Waals surface area contributed by atoms with Crippen molar-refractivity contribution in [1.29, 1.82) is 5.26 Å². The third kappa shape index (κ3) is 1.98. The number of rotatable bonds is 1. The molecule has 3 aromatic rings. The molecule has 0 radical (unpaired) electrons. The first kappa shape index (κ1) is 11.2. The molecule has 1 heterocycles. The van der Waals surface area contributed by atoms with E-state index >= 15 is 0 Å². The van der Waals surface area contributed by atoms with Crippen LogP contribution in [0.2, 0.25) is 0 Å². The third-order valence-electron chi connectivity index (χ3n) is 2.85. The van der Waals surface area contributed by atoms with Crippen molar-refractivity contribution in [2.75, 3.05) is 0 Å². The Morgan fingerprint density at radius 3 is 2.74 bits per heavy atom. The van der Waals surface area contributed by atoms with E-state index in [-0.39, 0.29) is 5.75 Å². The summed E-state index contributed by atoms with van der Waals surface area (Å²) in [5.74, 6) is 0.616. The van der Waals surface area contributed by atoms with Crippen LogP contribution in [0, 0.1) is 11.3 Å². The predicted octanol–water partition coefficient (Wildman–Crippen LogP) is 2.87. The van der Waals surface area contributed by atoms with Gasteiger partial charge in [0, 0.05) is 11.6 Å². The van der Waals surface area contributed by atoms with Crippen molar-refractivity contribution in [2.45, 2.75) is 0 Å². The molecule has 1 aromatic heterocycles. The zero-order chi connectivity index (χ0) is 13.2. The molecule has 0 bridgehead atoms. The average Bonchev–Trinajstić information content (AvgIpc) is 2.46. The zero-order valence-corrected chi connectivity index (χ0v) is 9.91. The van der Waals surface area contributed by atoms with Crippen molar-refractivity contribution >= 4 is 10.9 Å². The first-order chi connectivity index (χ1) is 9.28. The maximum absolute atomic E-state index is 9.80. The van der Waals surface area contributed by atoms with Gasteiger partial charge in [-0.15, -0.1) is 0 Å². The van der Waals surface area contributed by atoms with Gasteiger partial charge in [0.05, 0.1) is 22.7 Å². The minimum Gasteiger partial charge on any atom is -0.507 e. The molecule has 4 nitrogen and oxygen atoms in total. The smallest absolute Gasteiger partial charge is 0.163 e. The molecule has 0 aliphatic carbocycles. The monoisotopic (exact) mass is 247 g/mol. The molecule has 0 atom stereocenters. The van der Waals surface area contributed by atoms with E-state index in [0.717, 1.165) is 10.9 Å². The van der Waals surface area contributed by atoms with Crippen molar-refractivity contribution in [2.24, 2.45) is 0 Å². The van der Waals surface area contributed by atoms with Gasteiger partial charge in [-0.3, -0.25) is 0 Å². The Kier molecular flexibility index (Phi) is 2.58. The van der Waals surface area contributed by atoms with Crippen LogP contribution in [0.3, 0.4) is 0 Å². The van der Waals surface area contributed by atoms with Crippen LogP contribution in [-0.2, 0) is 0 Å². The third-order valence-corrected chi connectivity index (χ3v) is 2.85. The summed E-state index contributed by atoms with van der Waals surface area (Å²) < 4.78 is 0. The second kappa shape index (κ2) is 4.39. The largest absolute Gasteiger partial charge is 0.507 e. The van der Waals surface area contributed by atoms with Gasteiger partial charge in [-0.1, -0.05) is 12.1 Å². The second-order valence-electron chi connectivity index (χ2n) is 4.10. The molecule has 3 rings (SSSR count). The molecule has 0 saturated heterocycles. The van der Waals surface area contributed by atoms with Crippen molar-refractivity contribution < 1.29 is 5.11 Å². The molecule has 0 amide bonds. The Morgan fingerprint density at radius 1 is 1.11 bits per heavy atom. The lowest BCUT2D eigenvalue weighted by Gasteiger charge is -2.04. The Bertz CT molecular complexity index is 806. The SMILES string of the molecule is N#Cc1ccc2nc(-c3ccccc3O)ncc2c1. The van der Waals surface area contributed by atoms with Gasteiger partial charge in [0.25, 0.3) is 0 Å². The topological polar surface area (TPSA) is 69.8 Å². The van der Waals surface area contributed by atoms with E-state index in [4.69, 9.17) is 5.26 Å². The van der Waals surface area contributed by atoms with Crippen LogP contribution in [0.25, 0.3) is 22.3 Å². The number of nitriles is 1. The second-order valence-corrected chi connectivity index (χ2v) is 4.10. The number of hydrogen-bond donors (Lipinski definition) is 1. The molecule has 0 aliphatic heterocycles. The van der Waals surface area contributed by atoms with Crippen molar-refractivity contribution in [1.82, 2.24) is 9.97 Å². The highest BCUT2D eigenvalue weighted by atomic mass is 16.3. The lowest BCUT2D eigenvalue weighted by molar-refractivity contribution is 0.477. The molecule has 0 saturated carbocycles. The van der Waals surface area contributed by atoms with Crippen LogP contribution in [0.15, 0.2) is 48.7 Å². The summed E-state index contributed by atoms with van der Waals surface area (Å²) in [7, 11) is 0. The summed E-state index contributed by atoms with van der Waals surface area (Å²) in [5.41, 5.74) is 1.91. The van der Waals surface area contributed by atoms with Gasteiger partial charge in [-0.05, 0) is 30.3 Å². The lowest BCUT2D eigenvalue weighted by Crippen LogP contribution is -1.90. The van der Waals surface area contributed by atoms with E-state index in [1.54, 1.807) is 42.6 Å².